The van der Waals surface area contributed by atoms with Gasteiger partial charge in [-0.3, -0.25) is 24.6 Å². The molecular weight excluding hydrogens is 668 g/mol. The number of hydrogen-bond acceptors (Lipinski definition) is 7. The van der Waals surface area contributed by atoms with Gasteiger partial charge in [0.25, 0.3) is 5.91 Å². The molecule has 53 heavy (non-hydrogen) atoms. The average molecular weight is 717 g/mol. The van der Waals surface area contributed by atoms with E-state index in [1.807, 2.05) is 66.7 Å². The molecule has 0 unspecified atom stereocenters. The molecule has 4 N–H and O–H groups in total. The van der Waals surface area contributed by atoms with Gasteiger partial charge in [0, 0.05) is 24.5 Å². The van der Waals surface area contributed by atoms with Crippen molar-refractivity contribution in [3.05, 3.63) is 131 Å². The van der Waals surface area contributed by atoms with Crippen molar-refractivity contribution in [3.63, 3.8) is 0 Å². The van der Waals surface area contributed by atoms with Gasteiger partial charge in [0.15, 0.2) is 5.54 Å². The van der Waals surface area contributed by atoms with Crippen LogP contribution in [0, 0.1) is 5.82 Å². The second-order valence-electron chi connectivity index (χ2n) is 14.5. The van der Waals surface area contributed by atoms with Crippen LogP contribution in [0.25, 0.3) is 0 Å². The third kappa shape index (κ3) is 8.35. The fraction of sp³-hybridized carbons (Fsp3) is 0.372. The number of rotatable bonds is 12. The van der Waals surface area contributed by atoms with E-state index in [1.54, 1.807) is 12.1 Å². The molecule has 3 fully saturated rings. The average Bonchev–Trinajstić information content (AvgIpc) is 3.94. The minimum Gasteiger partial charge on any atom is -0.363 e. The van der Waals surface area contributed by atoms with E-state index in [0.29, 0.717) is 19.5 Å². The van der Waals surface area contributed by atoms with Crippen LogP contribution in [-0.4, -0.2) is 60.9 Å². The molecule has 3 atom stereocenters. The second kappa shape index (κ2) is 16.8. The number of piperidine rings is 1. The van der Waals surface area contributed by atoms with Crippen LogP contribution in [0.4, 0.5) is 15.8 Å². The Labute approximate surface area is 311 Å². The van der Waals surface area contributed by atoms with Crippen molar-refractivity contribution in [2.75, 3.05) is 36.4 Å². The minimum absolute atomic E-state index is 0.0156. The number of halogens is 1. The first kappa shape index (κ1) is 36.5. The fourth-order valence-corrected chi connectivity index (χ4v) is 8.06. The Morgan fingerprint density at radius 3 is 1.83 bits per heavy atom. The summed E-state index contributed by atoms with van der Waals surface area (Å²) in [5.41, 5.74) is 4.09. The molecule has 3 amide bonds. The summed E-state index contributed by atoms with van der Waals surface area (Å²) in [6.45, 7) is 4.17. The van der Waals surface area contributed by atoms with Crippen molar-refractivity contribution in [2.45, 2.75) is 75.7 Å². The minimum atomic E-state index is -1.20. The van der Waals surface area contributed by atoms with Gasteiger partial charge in [-0.05, 0) is 123 Å². The summed E-state index contributed by atoms with van der Waals surface area (Å²) in [6, 6.07) is 31.8. The maximum absolute atomic E-state index is 14.7. The van der Waals surface area contributed by atoms with E-state index in [9.17, 15) is 18.8 Å². The Bertz CT molecular complexity index is 1840. The van der Waals surface area contributed by atoms with Gasteiger partial charge in [0.2, 0.25) is 11.8 Å². The van der Waals surface area contributed by atoms with Gasteiger partial charge >= 0.3 is 0 Å². The first-order valence-corrected chi connectivity index (χ1v) is 19.0. The zero-order chi connectivity index (χ0) is 36.6. The Morgan fingerprint density at radius 2 is 1.25 bits per heavy atom. The third-order valence-electron chi connectivity index (χ3n) is 10.9. The standard InChI is InChI=1S/C43H49FN6O3/c44-35-19-23-37(24-20-35)49(30-32-15-21-36(22-16-32)47-40(51)38-11-7-25-45-38)29-31-13-17-34(18-14-31)43(33-9-3-1-4-10-33,50-27-5-2-6-28-50)42(53)48-41(52)39-12-8-26-46-39/h1,3-4,9-10,13-24,38-39,45-46H,2,5-8,11-12,25-30H2,(H,47,51)(H,48,52,53)/t38-,39-,43+/m0/s1. The van der Waals surface area contributed by atoms with Crippen LogP contribution in [0.3, 0.4) is 0 Å². The number of benzene rings is 4. The highest BCUT2D eigenvalue weighted by Crippen LogP contribution is 2.39. The van der Waals surface area contributed by atoms with Gasteiger partial charge < -0.3 is 20.9 Å². The number of likely N-dealkylation sites (tertiary alicyclic amines) is 1. The lowest BCUT2D eigenvalue weighted by Crippen LogP contribution is -2.60. The van der Waals surface area contributed by atoms with Gasteiger partial charge in [-0.15, -0.1) is 0 Å². The number of imide groups is 1. The van der Waals surface area contributed by atoms with Crippen LogP contribution >= 0.6 is 0 Å². The van der Waals surface area contributed by atoms with Crippen LogP contribution in [0.1, 0.15) is 67.2 Å². The first-order valence-electron chi connectivity index (χ1n) is 19.0. The molecule has 0 radical (unpaired) electrons. The van der Waals surface area contributed by atoms with Crippen LogP contribution in [0.5, 0.6) is 0 Å². The van der Waals surface area contributed by atoms with Gasteiger partial charge in [0.1, 0.15) is 5.82 Å². The summed E-state index contributed by atoms with van der Waals surface area (Å²) in [7, 11) is 0. The predicted octanol–water partition coefficient (Wildman–Crippen LogP) is 5.85. The van der Waals surface area contributed by atoms with Crippen molar-refractivity contribution >= 4 is 29.1 Å². The Hall–Kier alpha value is -4.90. The Morgan fingerprint density at radius 1 is 0.679 bits per heavy atom. The summed E-state index contributed by atoms with van der Waals surface area (Å²) >= 11 is 0. The van der Waals surface area contributed by atoms with E-state index in [1.165, 1.54) is 12.1 Å². The van der Waals surface area contributed by atoms with Crippen LogP contribution < -0.4 is 26.2 Å². The van der Waals surface area contributed by atoms with Crippen molar-refractivity contribution in [3.8, 4) is 0 Å². The van der Waals surface area contributed by atoms with Crippen molar-refractivity contribution in [2.24, 2.45) is 0 Å². The summed E-state index contributed by atoms with van der Waals surface area (Å²) in [5, 5.41) is 12.3. The monoisotopic (exact) mass is 716 g/mol. The molecular formula is C43H49FN6O3. The molecule has 7 rings (SSSR count). The van der Waals surface area contributed by atoms with Gasteiger partial charge in [-0.1, -0.05) is 73.2 Å². The van der Waals surface area contributed by atoms with E-state index in [2.05, 4.69) is 43.2 Å². The largest absolute Gasteiger partial charge is 0.363 e. The number of carbonyl (C=O) groups is 3. The topological polar surface area (TPSA) is 106 Å². The molecule has 9 nitrogen and oxygen atoms in total. The number of amides is 3. The predicted molar refractivity (Wildman–Crippen MR) is 206 cm³/mol. The van der Waals surface area contributed by atoms with E-state index < -0.39 is 5.54 Å². The molecule has 0 saturated carbocycles. The zero-order valence-electron chi connectivity index (χ0n) is 30.2. The van der Waals surface area contributed by atoms with Crippen molar-refractivity contribution < 1.29 is 18.8 Å². The smallest absolute Gasteiger partial charge is 0.256 e. The highest BCUT2D eigenvalue weighted by Gasteiger charge is 2.48. The Kier molecular flexibility index (Phi) is 11.6. The first-order chi connectivity index (χ1) is 25.9. The molecule has 3 aliphatic heterocycles. The molecule has 0 spiro atoms. The van der Waals surface area contributed by atoms with E-state index in [-0.39, 0.29) is 35.6 Å². The SMILES string of the molecule is O=C(NC(=O)[C@@](c1ccccc1)(c1ccc(CN(Cc2ccc(NC(=O)[C@@H]3CCCN3)cc2)c2ccc(F)cc2)cc1)N1CCCCC1)[C@@H]1CCCN1. The third-order valence-corrected chi connectivity index (χ3v) is 10.9. The molecule has 0 aromatic heterocycles. The lowest BCUT2D eigenvalue weighted by molar-refractivity contribution is -0.138. The number of anilines is 2. The number of nitrogens with zero attached hydrogens (tertiary/aromatic N) is 2. The highest BCUT2D eigenvalue weighted by atomic mass is 19.1. The summed E-state index contributed by atoms with van der Waals surface area (Å²) in [4.78, 5) is 45.1. The quantitative estimate of drug-likeness (QED) is 0.146. The lowest BCUT2D eigenvalue weighted by atomic mass is 9.78. The van der Waals surface area contributed by atoms with E-state index in [0.717, 1.165) is 98.3 Å². The zero-order valence-corrected chi connectivity index (χ0v) is 30.2. The number of hydrogen-bond donors (Lipinski definition) is 4. The molecule has 276 valence electrons. The molecule has 4 aromatic carbocycles. The maximum Gasteiger partial charge on any atom is 0.256 e. The summed E-state index contributed by atoms with van der Waals surface area (Å²) < 4.78 is 14.0. The van der Waals surface area contributed by atoms with Gasteiger partial charge in [0.05, 0.1) is 12.1 Å². The normalized spacial score (nSPS) is 20.0. The van der Waals surface area contributed by atoms with E-state index >= 15 is 0 Å². The lowest BCUT2D eigenvalue weighted by Gasteiger charge is -2.45. The van der Waals surface area contributed by atoms with Gasteiger partial charge in [-0.25, -0.2) is 4.39 Å². The second-order valence-corrected chi connectivity index (χ2v) is 14.5. The van der Waals surface area contributed by atoms with Gasteiger partial charge in [-0.2, -0.15) is 0 Å². The molecule has 3 saturated heterocycles. The fourth-order valence-electron chi connectivity index (χ4n) is 8.06. The molecule has 0 bridgehead atoms. The van der Waals surface area contributed by atoms with Crippen LogP contribution in [0.2, 0.25) is 0 Å². The molecule has 3 heterocycles. The molecule has 0 aliphatic carbocycles. The molecule has 10 heteroatoms. The molecule has 4 aromatic rings. The Balaban J connectivity index is 1.16. The van der Waals surface area contributed by atoms with E-state index in [4.69, 9.17) is 0 Å². The van der Waals surface area contributed by atoms with Crippen LogP contribution in [0.15, 0.2) is 103 Å². The summed E-state index contributed by atoms with van der Waals surface area (Å²) in [5.74, 6) is -0.926. The van der Waals surface area contributed by atoms with Crippen LogP contribution in [-0.2, 0) is 33.0 Å². The summed E-state index contributed by atoms with van der Waals surface area (Å²) in [6.07, 6.45) is 6.49. The highest BCUT2D eigenvalue weighted by molar-refractivity contribution is 6.04. The van der Waals surface area contributed by atoms with Crippen molar-refractivity contribution in [1.29, 1.82) is 0 Å². The van der Waals surface area contributed by atoms with Crippen molar-refractivity contribution in [1.82, 2.24) is 20.9 Å². The number of nitrogens with one attached hydrogen (secondary N) is 4. The molecule has 3 aliphatic rings. The maximum atomic E-state index is 14.7. The number of carbonyl (C=O) groups excluding carboxylic acids is 3.